The molecule has 156 valence electrons. The smallest absolute Gasteiger partial charge is 0.312 e. The van der Waals surface area contributed by atoms with Gasteiger partial charge in [0.05, 0.1) is 18.1 Å². The molecule has 28 heavy (non-hydrogen) atoms. The van der Waals surface area contributed by atoms with Crippen molar-refractivity contribution < 1.29 is 23.8 Å². The van der Waals surface area contributed by atoms with E-state index in [1.165, 1.54) is 0 Å². The summed E-state index contributed by atoms with van der Waals surface area (Å²) in [4.78, 5) is 26.3. The molecule has 5 aliphatic rings. The van der Waals surface area contributed by atoms with Crippen LogP contribution in [0.1, 0.15) is 79.6 Å². The van der Waals surface area contributed by atoms with E-state index in [9.17, 15) is 9.59 Å². The van der Waals surface area contributed by atoms with Crippen LogP contribution in [-0.2, 0) is 23.8 Å². The lowest BCUT2D eigenvalue weighted by atomic mass is 9.42. The summed E-state index contributed by atoms with van der Waals surface area (Å²) in [6.45, 7) is 11.0. The molecule has 0 amide bonds. The third-order valence-electron chi connectivity index (χ3n) is 9.52. The maximum Gasteiger partial charge on any atom is 0.312 e. The van der Waals surface area contributed by atoms with Gasteiger partial charge in [-0.15, -0.1) is 0 Å². The number of hydrogen-bond donors (Lipinski definition) is 0. The maximum atomic E-state index is 13.4. The molecule has 3 aliphatic carbocycles. The molecule has 7 atom stereocenters. The lowest BCUT2D eigenvalue weighted by Gasteiger charge is -2.62. The summed E-state index contributed by atoms with van der Waals surface area (Å²) in [5.74, 6) is -0.306. The highest BCUT2D eigenvalue weighted by Gasteiger charge is 2.75. The van der Waals surface area contributed by atoms with Crippen LogP contribution in [0, 0.1) is 28.1 Å². The van der Waals surface area contributed by atoms with Gasteiger partial charge in [-0.25, -0.2) is 0 Å². The largest absolute Gasteiger partial charge is 0.458 e. The molecule has 2 aliphatic heterocycles. The number of carbonyl (C=O) groups is 2. The van der Waals surface area contributed by atoms with Crippen LogP contribution in [-0.4, -0.2) is 35.9 Å². The minimum absolute atomic E-state index is 0.0119. The monoisotopic (exact) mass is 390 g/mol. The average molecular weight is 391 g/mol. The number of esters is 1. The molecule has 3 saturated carbocycles. The number of ketones is 1. The Bertz CT molecular complexity index is 745. The van der Waals surface area contributed by atoms with Gasteiger partial charge in [-0.2, -0.15) is 0 Å². The third kappa shape index (κ3) is 2.15. The SMILES string of the molecule is CC1(C)OC[C@@H]([C@]2(C)CC[C@]3(C)[C@@H](C2)C(=O)C[C@H]2[C@]4(C)CCC[C@@]23OC4=O)O1. The number of rotatable bonds is 1. The van der Waals surface area contributed by atoms with Crippen LogP contribution in [0.5, 0.6) is 0 Å². The topological polar surface area (TPSA) is 61.8 Å². The van der Waals surface area contributed by atoms with Crippen LogP contribution in [0.15, 0.2) is 0 Å². The second-order valence-electron chi connectivity index (χ2n) is 11.4. The summed E-state index contributed by atoms with van der Waals surface area (Å²) < 4.78 is 18.3. The molecule has 0 N–H and O–H groups in total. The number of carbonyl (C=O) groups excluding carboxylic acids is 2. The molecule has 0 aromatic carbocycles. The molecule has 5 rings (SSSR count). The second-order valence-corrected chi connectivity index (χ2v) is 11.4. The zero-order chi connectivity index (χ0) is 20.2. The van der Waals surface area contributed by atoms with Crippen LogP contribution in [0.3, 0.4) is 0 Å². The van der Waals surface area contributed by atoms with Gasteiger partial charge in [0.25, 0.3) is 0 Å². The number of ether oxygens (including phenoxy) is 3. The number of hydrogen-bond acceptors (Lipinski definition) is 5. The fourth-order valence-corrected chi connectivity index (χ4v) is 7.58. The first kappa shape index (κ1) is 19.0. The Morgan fingerprint density at radius 3 is 2.39 bits per heavy atom. The zero-order valence-electron chi connectivity index (χ0n) is 17.9. The number of Topliss-reactive ketones (excluding diaryl/α,β-unsaturated/α-hetero) is 1. The van der Waals surface area contributed by atoms with Crippen LogP contribution in [0.4, 0.5) is 0 Å². The van der Waals surface area contributed by atoms with Gasteiger partial charge in [0.15, 0.2) is 5.79 Å². The minimum atomic E-state index is -0.555. The summed E-state index contributed by atoms with van der Waals surface area (Å²) in [5.41, 5.74) is -1.29. The Morgan fingerprint density at radius 2 is 1.71 bits per heavy atom. The Hall–Kier alpha value is -0.940. The van der Waals surface area contributed by atoms with Gasteiger partial charge in [0, 0.05) is 23.7 Å². The highest BCUT2D eigenvalue weighted by molar-refractivity contribution is 5.89. The molecule has 0 unspecified atom stereocenters. The molecule has 0 radical (unpaired) electrons. The molecule has 5 heteroatoms. The van der Waals surface area contributed by atoms with Crippen molar-refractivity contribution in [1.29, 1.82) is 0 Å². The van der Waals surface area contributed by atoms with Gasteiger partial charge in [-0.1, -0.05) is 13.8 Å². The van der Waals surface area contributed by atoms with Crippen molar-refractivity contribution in [3.8, 4) is 0 Å². The fourth-order valence-electron chi connectivity index (χ4n) is 7.58. The zero-order valence-corrected chi connectivity index (χ0v) is 17.9. The average Bonchev–Trinajstić information content (AvgIpc) is 3.03. The quantitative estimate of drug-likeness (QED) is 0.633. The lowest BCUT2D eigenvalue weighted by Crippen LogP contribution is -2.65. The Kier molecular flexibility index (Phi) is 3.67. The van der Waals surface area contributed by atoms with Crippen molar-refractivity contribution in [1.82, 2.24) is 0 Å². The molecule has 5 nitrogen and oxygen atoms in total. The predicted octanol–water partition coefficient (Wildman–Crippen LogP) is 4.03. The van der Waals surface area contributed by atoms with Crippen molar-refractivity contribution in [3.63, 3.8) is 0 Å². The van der Waals surface area contributed by atoms with E-state index in [0.29, 0.717) is 18.8 Å². The van der Waals surface area contributed by atoms with Gasteiger partial charge in [-0.3, -0.25) is 9.59 Å². The van der Waals surface area contributed by atoms with Gasteiger partial charge in [0.1, 0.15) is 11.4 Å². The van der Waals surface area contributed by atoms with Gasteiger partial charge in [-0.05, 0) is 64.7 Å². The molecular weight excluding hydrogens is 356 g/mol. The number of fused-ring (bicyclic) bond motifs is 1. The molecule has 2 saturated heterocycles. The first-order chi connectivity index (χ1) is 13.0. The highest BCUT2D eigenvalue weighted by Crippen LogP contribution is 2.71. The van der Waals surface area contributed by atoms with Crippen molar-refractivity contribution in [3.05, 3.63) is 0 Å². The van der Waals surface area contributed by atoms with E-state index >= 15 is 0 Å². The Labute approximate surface area is 167 Å². The summed E-state index contributed by atoms with van der Waals surface area (Å²) >= 11 is 0. The lowest BCUT2D eigenvalue weighted by molar-refractivity contribution is -0.214. The molecule has 0 aromatic heterocycles. The highest BCUT2D eigenvalue weighted by atomic mass is 16.7. The van der Waals surface area contributed by atoms with Crippen molar-refractivity contribution in [2.45, 2.75) is 97.1 Å². The first-order valence-corrected chi connectivity index (χ1v) is 11.0. The summed E-state index contributed by atoms with van der Waals surface area (Å²) in [6.07, 6.45) is 5.96. The van der Waals surface area contributed by atoms with E-state index in [0.717, 1.165) is 38.5 Å². The van der Waals surface area contributed by atoms with Crippen molar-refractivity contribution in [2.24, 2.45) is 28.1 Å². The molecule has 2 bridgehead atoms. The van der Waals surface area contributed by atoms with Crippen LogP contribution in [0.25, 0.3) is 0 Å². The van der Waals surface area contributed by atoms with Crippen molar-refractivity contribution >= 4 is 11.8 Å². The predicted molar refractivity (Wildman–Crippen MR) is 102 cm³/mol. The van der Waals surface area contributed by atoms with E-state index in [2.05, 4.69) is 13.8 Å². The van der Waals surface area contributed by atoms with E-state index in [-0.39, 0.29) is 34.7 Å². The van der Waals surface area contributed by atoms with Crippen LogP contribution < -0.4 is 0 Å². The van der Waals surface area contributed by atoms with Crippen LogP contribution >= 0.6 is 0 Å². The summed E-state index contributed by atoms with van der Waals surface area (Å²) in [6, 6.07) is 0. The standard InChI is InChI=1S/C23H34O5/c1-19(2)26-13-17(27-19)20(3)9-10-22(5)14(12-20)15(24)11-16-21(4)7-6-8-23(16,22)28-18(21)25/h14,16-17H,6-13H2,1-5H3/t14-,16-,17-,20+,21-,22+,23+/m0/s1. The maximum absolute atomic E-state index is 13.4. The normalized spacial score (nSPS) is 54.8. The third-order valence-corrected chi connectivity index (χ3v) is 9.52. The molecule has 2 heterocycles. The van der Waals surface area contributed by atoms with E-state index in [4.69, 9.17) is 14.2 Å². The van der Waals surface area contributed by atoms with Gasteiger partial charge in [0.2, 0.25) is 0 Å². The Morgan fingerprint density at radius 1 is 0.964 bits per heavy atom. The summed E-state index contributed by atoms with van der Waals surface area (Å²) in [7, 11) is 0. The summed E-state index contributed by atoms with van der Waals surface area (Å²) in [5, 5.41) is 0. The van der Waals surface area contributed by atoms with E-state index in [1.807, 2.05) is 20.8 Å². The van der Waals surface area contributed by atoms with Gasteiger partial charge >= 0.3 is 5.97 Å². The molecule has 0 aromatic rings. The molecular formula is C23H34O5. The van der Waals surface area contributed by atoms with Gasteiger partial charge < -0.3 is 14.2 Å². The van der Waals surface area contributed by atoms with Crippen LogP contribution in [0.2, 0.25) is 0 Å². The fraction of sp³-hybridized carbons (Fsp3) is 0.913. The van der Waals surface area contributed by atoms with E-state index in [1.54, 1.807) is 0 Å². The van der Waals surface area contributed by atoms with E-state index < -0.39 is 16.8 Å². The molecule has 5 fully saturated rings. The first-order valence-electron chi connectivity index (χ1n) is 11.0. The minimum Gasteiger partial charge on any atom is -0.458 e. The molecule has 0 spiro atoms. The van der Waals surface area contributed by atoms with Crippen molar-refractivity contribution in [2.75, 3.05) is 6.61 Å². The second kappa shape index (κ2) is 5.40. The Balaban J connectivity index is 1.50.